The van der Waals surface area contributed by atoms with Crippen LogP contribution in [0.4, 0.5) is 10.5 Å². The first-order valence-electron chi connectivity index (χ1n) is 6.58. The largest absolute Gasteiger partial charge is 0.497 e. The Bertz CT molecular complexity index is 396. The summed E-state index contributed by atoms with van der Waals surface area (Å²) < 4.78 is 5.10. The number of anilines is 1. The molecule has 5 nitrogen and oxygen atoms in total. The van der Waals surface area contributed by atoms with Crippen LogP contribution in [0.5, 0.6) is 5.75 Å². The molecule has 0 aromatic heterocycles. The highest BCUT2D eigenvalue weighted by Crippen LogP contribution is 2.16. The Balaban J connectivity index is 2.41. The van der Waals surface area contributed by atoms with Gasteiger partial charge in [-0.1, -0.05) is 19.4 Å². The first-order chi connectivity index (χ1) is 9.19. The molecule has 5 heteroatoms. The van der Waals surface area contributed by atoms with Crippen molar-refractivity contribution < 1.29 is 9.53 Å². The van der Waals surface area contributed by atoms with Crippen molar-refractivity contribution in [2.45, 2.75) is 19.8 Å². The van der Waals surface area contributed by atoms with Crippen LogP contribution in [-0.4, -0.2) is 26.2 Å². The normalized spacial score (nSPS) is 11.7. The molecule has 4 N–H and O–H groups in total. The number of methoxy groups -OCH3 is 1. The number of nitrogens with two attached hydrogens (primary N) is 1. The van der Waals surface area contributed by atoms with Crippen molar-refractivity contribution in [3.63, 3.8) is 0 Å². The smallest absolute Gasteiger partial charge is 0.319 e. The zero-order valence-corrected chi connectivity index (χ0v) is 11.6. The zero-order valence-electron chi connectivity index (χ0n) is 11.6. The van der Waals surface area contributed by atoms with E-state index in [0.29, 0.717) is 30.4 Å². The van der Waals surface area contributed by atoms with Crippen molar-refractivity contribution in [1.29, 1.82) is 0 Å². The number of hydrogen-bond donors (Lipinski definition) is 3. The van der Waals surface area contributed by atoms with Gasteiger partial charge >= 0.3 is 6.03 Å². The molecule has 19 heavy (non-hydrogen) atoms. The van der Waals surface area contributed by atoms with Gasteiger partial charge in [0.25, 0.3) is 0 Å². The Hall–Kier alpha value is -1.75. The molecule has 0 saturated carbocycles. The maximum atomic E-state index is 11.7. The molecule has 0 fully saturated rings. The van der Waals surface area contributed by atoms with Crippen molar-refractivity contribution in [1.82, 2.24) is 5.32 Å². The molecule has 0 spiro atoms. The van der Waals surface area contributed by atoms with E-state index >= 15 is 0 Å². The summed E-state index contributed by atoms with van der Waals surface area (Å²) in [5.74, 6) is 1.15. The van der Waals surface area contributed by atoms with Crippen molar-refractivity contribution in [2.75, 3.05) is 25.5 Å². The second-order valence-electron chi connectivity index (χ2n) is 4.42. The lowest BCUT2D eigenvalue weighted by Crippen LogP contribution is -2.33. The lowest BCUT2D eigenvalue weighted by molar-refractivity contribution is 0.249. The van der Waals surface area contributed by atoms with Crippen molar-refractivity contribution in [2.24, 2.45) is 11.7 Å². The minimum Gasteiger partial charge on any atom is -0.497 e. The quantitative estimate of drug-likeness (QED) is 0.707. The number of nitrogens with one attached hydrogen (secondary N) is 2. The molecule has 0 aliphatic heterocycles. The summed E-state index contributed by atoms with van der Waals surface area (Å²) in [5, 5.41) is 5.63. The van der Waals surface area contributed by atoms with Gasteiger partial charge in [0.2, 0.25) is 0 Å². The lowest BCUT2D eigenvalue weighted by Gasteiger charge is -2.15. The molecule has 0 heterocycles. The van der Waals surface area contributed by atoms with Gasteiger partial charge < -0.3 is 21.1 Å². The van der Waals surface area contributed by atoms with Crippen LogP contribution >= 0.6 is 0 Å². The van der Waals surface area contributed by atoms with Crippen LogP contribution in [0.2, 0.25) is 0 Å². The van der Waals surface area contributed by atoms with Crippen LogP contribution in [-0.2, 0) is 0 Å². The molecule has 0 saturated heterocycles. The lowest BCUT2D eigenvalue weighted by atomic mass is 10.0. The van der Waals surface area contributed by atoms with Crippen LogP contribution in [0.15, 0.2) is 24.3 Å². The van der Waals surface area contributed by atoms with Gasteiger partial charge in [0.15, 0.2) is 0 Å². The maximum Gasteiger partial charge on any atom is 0.319 e. The van der Waals surface area contributed by atoms with E-state index < -0.39 is 0 Å². The molecule has 1 aromatic rings. The zero-order chi connectivity index (χ0) is 14.1. The van der Waals surface area contributed by atoms with E-state index in [-0.39, 0.29) is 6.03 Å². The molecule has 0 radical (unpaired) electrons. The maximum absolute atomic E-state index is 11.7. The fourth-order valence-corrected chi connectivity index (χ4v) is 1.80. The van der Waals surface area contributed by atoms with Gasteiger partial charge in [-0.25, -0.2) is 4.79 Å². The van der Waals surface area contributed by atoms with E-state index in [2.05, 4.69) is 17.6 Å². The molecule has 0 aliphatic rings. The Kier molecular flexibility index (Phi) is 6.74. The SMILES string of the molecule is CCC(CCN)CNC(=O)Nc1cccc(OC)c1. The van der Waals surface area contributed by atoms with Gasteiger partial charge in [0.05, 0.1) is 7.11 Å². The summed E-state index contributed by atoms with van der Waals surface area (Å²) in [6.07, 6.45) is 1.94. The average molecular weight is 265 g/mol. The van der Waals surface area contributed by atoms with E-state index in [4.69, 9.17) is 10.5 Å². The van der Waals surface area contributed by atoms with Gasteiger partial charge in [0, 0.05) is 18.3 Å². The molecule has 2 amide bonds. The first-order valence-corrected chi connectivity index (χ1v) is 6.58. The molecular weight excluding hydrogens is 242 g/mol. The molecule has 0 aliphatic carbocycles. The third-order valence-electron chi connectivity index (χ3n) is 3.03. The predicted octanol–water partition coefficient (Wildman–Crippen LogP) is 2.19. The number of urea groups is 1. The van der Waals surface area contributed by atoms with Gasteiger partial charge in [-0.3, -0.25) is 0 Å². The Morgan fingerprint density at radius 3 is 2.89 bits per heavy atom. The number of carbonyl (C=O) groups excluding carboxylic acids is 1. The summed E-state index contributed by atoms with van der Waals surface area (Å²) in [7, 11) is 1.60. The van der Waals surface area contributed by atoms with E-state index in [9.17, 15) is 4.79 Å². The van der Waals surface area contributed by atoms with Crippen LogP contribution in [0.3, 0.4) is 0 Å². The molecule has 0 bridgehead atoms. The fourth-order valence-electron chi connectivity index (χ4n) is 1.80. The topological polar surface area (TPSA) is 76.4 Å². The first kappa shape index (κ1) is 15.3. The van der Waals surface area contributed by atoms with Gasteiger partial charge in [-0.2, -0.15) is 0 Å². The number of hydrogen-bond acceptors (Lipinski definition) is 3. The number of amides is 2. The third-order valence-corrected chi connectivity index (χ3v) is 3.03. The fraction of sp³-hybridized carbons (Fsp3) is 0.500. The molecular formula is C14H23N3O2. The summed E-state index contributed by atoms with van der Waals surface area (Å²) in [5.41, 5.74) is 6.24. The minimum atomic E-state index is -0.205. The number of rotatable bonds is 7. The van der Waals surface area contributed by atoms with Crippen LogP contribution in [0.25, 0.3) is 0 Å². The van der Waals surface area contributed by atoms with Crippen molar-refractivity contribution >= 4 is 11.7 Å². The second-order valence-corrected chi connectivity index (χ2v) is 4.42. The molecule has 106 valence electrons. The standard InChI is InChI=1S/C14H23N3O2/c1-3-11(7-8-15)10-16-14(18)17-12-5-4-6-13(9-12)19-2/h4-6,9,11H,3,7-8,10,15H2,1-2H3,(H2,16,17,18). The van der Waals surface area contributed by atoms with Crippen LogP contribution in [0, 0.1) is 5.92 Å². The Labute approximate surface area is 114 Å². The third kappa shape index (κ3) is 5.61. The van der Waals surface area contributed by atoms with E-state index in [0.717, 1.165) is 12.8 Å². The van der Waals surface area contributed by atoms with Gasteiger partial charge in [-0.05, 0) is 31.0 Å². The molecule has 1 atom stereocenters. The highest BCUT2D eigenvalue weighted by atomic mass is 16.5. The highest BCUT2D eigenvalue weighted by Gasteiger charge is 2.08. The highest BCUT2D eigenvalue weighted by molar-refractivity contribution is 5.89. The summed E-state index contributed by atoms with van der Waals surface area (Å²) in [6.45, 7) is 3.39. The van der Waals surface area contributed by atoms with E-state index in [1.165, 1.54) is 0 Å². The summed E-state index contributed by atoms with van der Waals surface area (Å²) in [6, 6.07) is 7.05. The summed E-state index contributed by atoms with van der Waals surface area (Å²) in [4.78, 5) is 11.7. The van der Waals surface area contributed by atoms with Gasteiger partial charge in [0.1, 0.15) is 5.75 Å². The molecule has 1 aromatic carbocycles. The average Bonchev–Trinajstić information content (AvgIpc) is 2.43. The second kappa shape index (κ2) is 8.37. The number of carbonyl (C=O) groups is 1. The molecule has 1 rings (SSSR count). The summed E-state index contributed by atoms with van der Waals surface area (Å²) >= 11 is 0. The molecule has 1 unspecified atom stereocenters. The minimum absolute atomic E-state index is 0.205. The monoisotopic (exact) mass is 265 g/mol. The van der Waals surface area contributed by atoms with Crippen molar-refractivity contribution in [3.05, 3.63) is 24.3 Å². The number of ether oxygens (including phenoxy) is 1. The Morgan fingerprint density at radius 2 is 2.26 bits per heavy atom. The van der Waals surface area contributed by atoms with E-state index in [1.807, 2.05) is 18.2 Å². The predicted molar refractivity (Wildman–Crippen MR) is 77.5 cm³/mol. The van der Waals surface area contributed by atoms with E-state index in [1.54, 1.807) is 13.2 Å². The van der Waals surface area contributed by atoms with Crippen LogP contribution in [0.1, 0.15) is 19.8 Å². The van der Waals surface area contributed by atoms with Crippen LogP contribution < -0.4 is 21.1 Å². The van der Waals surface area contributed by atoms with Crippen molar-refractivity contribution in [3.8, 4) is 5.75 Å². The van der Waals surface area contributed by atoms with Gasteiger partial charge in [-0.15, -0.1) is 0 Å². The number of benzene rings is 1. The Morgan fingerprint density at radius 1 is 1.47 bits per heavy atom.